The molecule has 1 aliphatic heterocycles. The number of benzene rings is 2. The van der Waals surface area contributed by atoms with Gasteiger partial charge in [0.2, 0.25) is 0 Å². The van der Waals surface area contributed by atoms with Gasteiger partial charge in [-0.2, -0.15) is 0 Å². The van der Waals surface area contributed by atoms with Crippen molar-refractivity contribution in [2.45, 2.75) is 25.8 Å². The van der Waals surface area contributed by atoms with Crippen LogP contribution in [-0.4, -0.2) is 40.5 Å². The lowest BCUT2D eigenvalue weighted by Gasteiger charge is -2.25. The number of hydrogen-bond acceptors (Lipinski definition) is 5. The molecule has 1 fully saturated rings. The van der Waals surface area contributed by atoms with Crippen LogP contribution in [0, 0.1) is 0 Å². The molecule has 1 heterocycles. The minimum atomic E-state index is -0.810. The molecule has 1 unspecified atom stereocenters. The number of amides is 1. The number of halogens is 2. The molecule has 1 saturated heterocycles. The molecule has 1 aliphatic rings. The average Bonchev–Trinajstić information content (AvgIpc) is 2.98. The predicted octanol–water partition coefficient (Wildman–Crippen LogP) is 5.04. The minimum absolute atomic E-state index is 0.0186. The largest absolute Gasteiger partial charge is 0.507 e. The summed E-state index contributed by atoms with van der Waals surface area (Å²) in [5.74, 6) is -1.26. The number of nitrogens with zero attached hydrogens (tertiary/aromatic N) is 1. The molecule has 30 heavy (non-hydrogen) atoms. The lowest BCUT2D eigenvalue weighted by molar-refractivity contribution is -0.139. The molecule has 0 bridgehead atoms. The molecule has 2 N–H and O–H groups in total. The molecule has 1 amide bonds. The number of ether oxygens (including phenoxy) is 1. The maximum atomic E-state index is 12.9. The number of aromatic hydroxyl groups is 1. The summed E-state index contributed by atoms with van der Waals surface area (Å²) in [6.07, 6.45) is 1.53. The Morgan fingerprint density at radius 3 is 2.57 bits per heavy atom. The van der Waals surface area contributed by atoms with E-state index in [1.165, 1.54) is 24.1 Å². The fraction of sp³-hybridized carbons (Fsp3) is 0.273. The van der Waals surface area contributed by atoms with Crippen LogP contribution in [0.2, 0.25) is 5.02 Å². The lowest BCUT2D eigenvalue weighted by atomic mass is 9.95. The van der Waals surface area contributed by atoms with Gasteiger partial charge in [-0.05, 0) is 58.2 Å². The zero-order valence-electron chi connectivity index (χ0n) is 16.5. The van der Waals surface area contributed by atoms with Gasteiger partial charge in [0.25, 0.3) is 11.7 Å². The monoisotopic (exact) mass is 493 g/mol. The third kappa shape index (κ3) is 4.04. The van der Waals surface area contributed by atoms with Gasteiger partial charge < -0.3 is 19.8 Å². The number of carbonyl (C=O) groups excluding carboxylic acids is 2. The molecule has 2 aromatic rings. The molecular formula is C22H21BrClNO5. The van der Waals surface area contributed by atoms with Gasteiger partial charge in [0, 0.05) is 12.1 Å². The van der Waals surface area contributed by atoms with Crippen molar-refractivity contribution < 1.29 is 24.5 Å². The normalized spacial score (nSPS) is 18.1. The Morgan fingerprint density at radius 1 is 1.23 bits per heavy atom. The molecule has 0 aliphatic carbocycles. The van der Waals surface area contributed by atoms with Gasteiger partial charge in [-0.25, -0.2) is 0 Å². The number of phenolic OH excluding ortho intramolecular Hbond substituents is 1. The van der Waals surface area contributed by atoms with E-state index in [4.69, 9.17) is 16.3 Å². The van der Waals surface area contributed by atoms with Gasteiger partial charge in [-0.1, -0.05) is 31.0 Å². The highest BCUT2D eigenvalue weighted by Crippen LogP contribution is 2.42. The molecule has 1 atom stereocenters. The second-order valence-corrected chi connectivity index (χ2v) is 8.17. The Hall–Kier alpha value is -2.51. The van der Waals surface area contributed by atoms with Crippen molar-refractivity contribution in [3.8, 4) is 11.5 Å². The first-order chi connectivity index (χ1) is 14.3. The summed E-state index contributed by atoms with van der Waals surface area (Å²) in [6, 6.07) is 8.57. The van der Waals surface area contributed by atoms with E-state index in [0.29, 0.717) is 34.3 Å². The van der Waals surface area contributed by atoms with Crippen molar-refractivity contribution in [2.75, 3.05) is 13.7 Å². The Labute approximate surface area is 187 Å². The van der Waals surface area contributed by atoms with Crippen LogP contribution in [0.25, 0.3) is 5.76 Å². The third-order valence-electron chi connectivity index (χ3n) is 5.01. The van der Waals surface area contributed by atoms with Crippen molar-refractivity contribution in [1.29, 1.82) is 0 Å². The number of aliphatic hydroxyl groups excluding tert-OH is 1. The number of Topliss-reactive ketones (excluding diaryl/α,β-unsaturated/α-hetero) is 1. The number of carbonyl (C=O) groups is 2. The first-order valence-electron chi connectivity index (χ1n) is 9.40. The number of phenols is 1. The Bertz CT molecular complexity index is 1040. The van der Waals surface area contributed by atoms with Crippen molar-refractivity contribution >= 4 is 45.0 Å². The zero-order valence-corrected chi connectivity index (χ0v) is 18.8. The molecule has 0 radical (unpaired) electrons. The standard InChI is InChI=1S/C22H21BrClNO5/c1-3-4-9-25-19(12-5-7-16(26)15(24)11-12)18(21(28)22(25)29)20(27)13-6-8-17(30-2)14(23)10-13/h5-8,10-11,19,26-27H,3-4,9H2,1-2H3/b20-18-. The lowest BCUT2D eigenvalue weighted by Crippen LogP contribution is -2.30. The van der Waals surface area contributed by atoms with Gasteiger partial charge in [0.1, 0.15) is 17.3 Å². The molecule has 0 spiro atoms. The summed E-state index contributed by atoms with van der Waals surface area (Å²) in [7, 11) is 1.52. The maximum Gasteiger partial charge on any atom is 0.295 e. The molecule has 8 heteroatoms. The van der Waals surface area contributed by atoms with Crippen LogP contribution in [0.3, 0.4) is 0 Å². The number of aliphatic hydroxyl groups is 1. The summed E-state index contributed by atoms with van der Waals surface area (Å²) in [4.78, 5) is 27.1. The van der Waals surface area contributed by atoms with Gasteiger partial charge in [0.15, 0.2) is 0 Å². The van der Waals surface area contributed by atoms with Crippen LogP contribution in [0.4, 0.5) is 0 Å². The van der Waals surface area contributed by atoms with Gasteiger partial charge in [-0.3, -0.25) is 9.59 Å². The molecule has 0 aromatic heterocycles. The zero-order chi connectivity index (χ0) is 22.0. The van der Waals surface area contributed by atoms with Crippen molar-refractivity contribution in [3.63, 3.8) is 0 Å². The van der Waals surface area contributed by atoms with Gasteiger partial charge in [-0.15, -0.1) is 0 Å². The van der Waals surface area contributed by atoms with E-state index in [-0.39, 0.29) is 22.1 Å². The average molecular weight is 495 g/mol. The number of rotatable bonds is 6. The van der Waals surface area contributed by atoms with Crippen LogP contribution in [0.15, 0.2) is 46.4 Å². The molecule has 2 aromatic carbocycles. The second kappa shape index (κ2) is 9.10. The number of hydrogen-bond donors (Lipinski definition) is 2. The number of likely N-dealkylation sites (tertiary alicyclic amines) is 1. The maximum absolute atomic E-state index is 12.9. The summed E-state index contributed by atoms with van der Waals surface area (Å²) < 4.78 is 5.80. The van der Waals surface area contributed by atoms with E-state index in [2.05, 4.69) is 15.9 Å². The van der Waals surface area contributed by atoms with E-state index >= 15 is 0 Å². The Balaban J connectivity index is 2.19. The van der Waals surface area contributed by atoms with Crippen molar-refractivity contribution in [3.05, 3.63) is 62.6 Å². The van der Waals surface area contributed by atoms with Crippen molar-refractivity contribution in [2.24, 2.45) is 0 Å². The van der Waals surface area contributed by atoms with Crippen LogP contribution >= 0.6 is 27.5 Å². The quantitative estimate of drug-likeness (QED) is 0.334. The first-order valence-corrected chi connectivity index (χ1v) is 10.6. The van der Waals surface area contributed by atoms with E-state index < -0.39 is 17.7 Å². The predicted molar refractivity (Wildman–Crippen MR) is 118 cm³/mol. The highest BCUT2D eigenvalue weighted by atomic mass is 79.9. The van der Waals surface area contributed by atoms with Gasteiger partial charge >= 0.3 is 0 Å². The summed E-state index contributed by atoms with van der Waals surface area (Å²) >= 11 is 9.45. The van der Waals surface area contributed by atoms with Crippen LogP contribution in [-0.2, 0) is 9.59 Å². The van der Waals surface area contributed by atoms with E-state index in [9.17, 15) is 19.8 Å². The molecule has 6 nitrogen and oxygen atoms in total. The molecule has 3 rings (SSSR count). The minimum Gasteiger partial charge on any atom is -0.507 e. The van der Waals surface area contributed by atoms with E-state index in [1.54, 1.807) is 24.3 Å². The van der Waals surface area contributed by atoms with E-state index in [1.807, 2.05) is 6.92 Å². The number of ketones is 1. The highest BCUT2D eigenvalue weighted by Gasteiger charge is 2.45. The Kier molecular flexibility index (Phi) is 6.73. The Morgan fingerprint density at radius 2 is 1.97 bits per heavy atom. The van der Waals surface area contributed by atoms with Gasteiger partial charge in [0.05, 0.1) is 28.2 Å². The topological polar surface area (TPSA) is 87.1 Å². The SMILES string of the molecule is CCCCN1C(=O)C(=O)/C(=C(\O)c2ccc(OC)c(Br)c2)C1c1ccc(O)c(Cl)c1. The first kappa shape index (κ1) is 22.2. The fourth-order valence-corrected chi connectivity index (χ4v) is 4.18. The smallest absolute Gasteiger partial charge is 0.295 e. The van der Waals surface area contributed by atoms with Crippen molar-refractivity contribution in [1.82, 2.24) is 4.90 Å². The molecule has 0 saturated carbocycles. The summed E-state index contributed by atoms with van der Waals surface area (Å²) in [5, 5.41) is 20.9. The van der Waals surface area contributed by atoms with Crippen LogP contribution in [0.1, 0.15) is 36.9 Å². The number of unbranched alkanes of at least 4 members (excludes halogenated alkanes) is 1. The van der Waals surface area contributed by atoms with Crippen LogP contribution < -0.4 is 4.74 Å². The second-order valence-electron chi connectivity index (χ2n) is 6.91. The van der Waals surface area contributed by atoms with Crippen LogP contribution in [0.5, 0.6) is 11.5 Å². The molecule has 158 valence electrons. The molecular weight excluding hydrogens is 474 g/mol. The highest BCUT2D eigenvalue weighted by molar-refractivity contribution is 9.10. The fourth-order valence-electron chi connectivity index (χ4n) is 3.45. The summed E-state index contributed by atoms with van der Waals surface area (Å²) in [6.45, 7) is 2.34. The van der Waals surface area contributed by atoms with E-state index in [0.717, 1.165) is 6.42 Å². The third-order valence-corrected chi connectivity index (χ3v) is 5.93. The number of methoxy groups -OCH3 is 1. The summed E-state index contributed by atoms with van der Waals surface area (Å²) in [5.41, 5.74) is 0.878.